The van der Waals surface area contributed by atoms with Crippen LogP contribution in [-0.4, -0.2) is 46.9 Å². The van der Waals surface area contributed by atoms with Gasteiger partial charge >= 0.3 is 0 Å². The van der Waals surface area contributed by atoms with Crippen LogP contribution in [0.4, 0.5) is 17.5 Å². The lowest BCUT2D eigenvalue weighted by molar-refractivity contribution is 0.414. The zero-order valence-electron chi connectivity index (χ0n) is 19.6. The highest BCUT2D eigenvalue weighted by molar-refractivity contribution is 6.30. The largest absolute Gasteiger partial charge is 0.497 e. The van der Waals surface area contributed by atoms with Crippen LogP contribution in [0.15, 0.2) is 42.5 Å². The first kappa shape index (κ1) is 22.0. The molecule has 2 aromatic heterocycles. The number of benzene rings is 2. The van der Waals surface area contributed by atoms with Gasteiger partial charge in [-0.1, -0.05) is 23.7 Å². The molecular weight excluding hydrogens is 462 g/mol. The van der Waals surface area contributed by atoms with Crippen molar-refractivity contribution in [3.8, 4) is 5.75 Å². The lowest BCUT2D eigenvalue weighted by atomic mass is 9.98. The summed E-state index contributed by atoms with van der Waals surface area (Å²) in [5.41, 5.74) is 5.51. The second kappa shape index (κ2) is 9.26. The van der Waals surface area contributed by atoms with E-state index in [0.717, 1.165) is 78.8 Å². The van der Waals surface area contributed by atoms with Gasteiger partial charge in [0.2, 0.25) is 5.95 Å². The van der Waals surface area contributed by atoms with E-state index in [1.165, 1.54) is 16.8 Å². The molecule has 1 atom stereocenters. The average Bonchev–Trinajstić information content (AvgIpc) is 3.42. The number of aromatic amines is 1. The highest BCUT2D eigenvalue weighted by Crippen LogP contribution is 2.36. The van der Waals surface area contributed by atoms with E-state index in [1.54, 1.807) is 7.11 Å². The summed E-state index contributed by atoms with van der Waals surface area (Å²) in [4.78, 5) is 12.1. The van der Waals surface area contributed by atoms with E-state index < -0.39 is 0 Å². The number of H-pyrrole nitrogens is 1. The van der Waals surface area contributed by atoms with Crippen LogP contribution in [0.2, 0.25) is 5.02 Å². The highest BCUT2D eigenvalue weighted by atomic mass is 35.5. The lowest BCUT2D eigenvalue weighted by Gasteiger charge is -2.23. The molecule has 1 unspecified atom stereocenters. The predicted octanol–water partition coefficient (Wildman–Crippen LogP) is 4.98. The summed E-state index contributed by atoms with van der Waals surface area (Å²) in [6, 6.07) is 14.3. The number of nitrogens with zero attached hydrogens (tertiary/aromatic N) is 4. The van der Waals surface area contributed by atoms with Crippen LogP contribution < -0.4 is 20.3 Å². The van der Waals surface area contributed by atoms with Crippen LogP contribution in [-0.2, 0) is 13.0 Å². The third-order valence-electron chi connectivity index (χ3n) is 6.92. The molecule has 2 aliphatic rings. The molecule has 2 aliphatic heterocycles. The molecular formula is C26H28ClN7O. The fourth-order valence-corrected chi connectivity index (χ4v) is 5.28. The second-order valence-corrected chi connectivity index (χ2v) is 9.60. The van der Waals surface area contributed by atoms with Crippen molar-refractivity contribution in [1.82, 2.24) is 20.2 Å². The Morgan fingerprint density at radius 3 is 2.91 bits per heavy atom. The van der Waals surface area contributed by atoms with E-state index in [2.05, 4.69) is 50.0 Å². The maximum atomic E-state index is 6.23. The Bertz CT molecular complexity index is 1350. The monoisotopic (exact) mass is 489 g/mol. The summed E-state index contributed by atoms with van der Waals surface area (Å²) in [6.45, 7) is 3.37. The molecule has 9 heteroatoms. The fourth-order valence-electron chi connectivity index (χ4n) is 5.10. The van der Waals surface area contributed by atoms with E-state index in [1.807, 2.05) is 18.2 Å². The van der Waals surface area contributed by atoms with Crippen LogP contribution >= 0.6 is 11.6 Å². The third kappa shape index (κ3) is 4.34. The summed E-state index contributed by atoms with van der Waals surface area (Å²) >= 11 is 6.23. The Labute approximate surface area is 209 Å². The molecule has 8 nitrogen and oxygen atoms in total. The van der Waals surface area contributed by atoms with Gasteiger partial charge in [0, 0.05) is 42.8 Å². The van der Waals surface area contributed by atoms with E-state index in [-0.39, 0.29) is 0 Å². The Balaban J connectivity index is 1.22. The molecule has 0 amide bonds. The van der Waals surface area contributed by atoms with Crippen molar-refractivity contribution in [3.05, 3.63) is 64.3 Å². The lowest BCUT2D eigenvalue weighted by Crippen LogP contribution is -2.25. The zero-order chi connectivity index (χ0) is 23.8. The minimum absolute atomic E-state index is 0.409. The van der Waals surface area contributed by atoms with Crippen molar-refractivity contribution in [2.45, 2.75) is 31.7 Å². The fraction of sp³-hybridized carbons (Fsp3) is 0.346. The Morgan fingerprint density at radius 2 is 2.06 bits per heavy atom. The maximum absolute atomic E-state index is 6.23. The van der Waals surface area contributed by atoms with Gasteiger partial charge in [-0.05, 0) is 60.7 Å². The summed E-state index contributed by atoms with van der Waals surface area (Å²) in [7, 11) is 1.69. The normalized spacial score (nSPS) is 16.6. The van der Waals surface area contributed by atoms with Crippen molar-refractivity contribution in [2.75, 3.05) is 42.3 Å². The van der Waals surface area contributed by atoms with Gasteiger partial charge in [-0.25, -0.2) is 0 Å². The Morgan fingerprint density at radius 1 is 1.17 bits per heavy atom. The van der Waals surface area contributed by atoms with Crippen molar-refractivity contribution in [2.24, 2.45) is 0 Å². The van der Waals surface area contributed by atoms with Gasteiger partial charge in [-0.15, -0.1) is 0 Å². The first-order valence-electron chi connectivity index (χ1n) is 12.1. The van der Waals surface area contributed by atoms with E-state index >= 15 is 0 Å². The van der Waals surface area contributed by atoms with Gasteiger partial charge in [0.15, 0.2) is 5.65 Å². The molecule has 0 saturated heterocycles. The highest BCUT2D eigenvalue weighted by Gasteiger charge is 2.24. The topological polar surface area (TPSA) is 91.0 Å². The number of methoxy groups -OCH3 is 1. The number of halogens is 1. The number of ether oxygens (including phenoxy) is 1. The minimum atomic E-state index is 0.409. The Hall–Kier alpha value is -3.52. The number of aryl methyl sites for hydroxylation is 1. The SMILES string of the molecule is COc1ccc(CN2CCCc3n[nH]c4nc(NCCC5CNc6ccc(Cl)cc65)nc2c34)cc1. The molecule has 0 saturated carbocycles. The van der Waals surface area contributed by atoms with Crippen LogP contribution in [0.3, 0.4) is 0 Å². The molecule has 0 radical (unpaired) electrons. The molecule has 35 heavy (non-hydrogen) atoms. The van der Waals surface area contributed by atoms with Gasteiger partial charge in [0.25, 0.3) is 0 Å². The average molecular weight is 490 g/mol. The molecule has 0 aliphatic carbocycles. The van der Waals surface area contributed by atoms with E-state index in [9.17, 15) is 0 Å². The molecule has 2 aromatic carbocycles. The number of aromatic nitrogens is 4. The standard InChI is InChI=1S/C26H28ClN7O/c1-35-19-7-4-16(5-8-19)15-34-12-2-3-22-23-24(33-32-22)30-26(31-25(23)34)28-11-10-17-14-29-21-9-6-18(27)13-20(17)21/h4-9,13,17,29H,2-3,10-12,14-15H2,1H3,(H2,28,30,31,32,33). The van der Waals surface area contributed by atoms with Crippen molar-refractivity contribution in [3.63, 3.8) is 0 Å². The number of hydrogen-bond acceptors (Lipinski definition) is 7. The van der Waals surface area contributed by atoms with Crippen LogP contribution in [0, 0.1) is 0 Å². The van der Waals surface area contributed by atoms with Crippen LogP contribution in [0.25, 0.3) is 11.0 Å². The van der Waals surface area contributed by atoms with Gasteiger partial charge < -0.3 is 20.3 Å². The summed E-state index contributed by atoms with van der Waals surface area (Å²) in [5.74, 6) is 2.84. The molecule has 0 fully saturated rings. The number of hydrogen-bond donors (Lipinski definition) is 3. The molecule has 6 rings (SSSR count). The van der Waals surface area contributed by atoms with Gasteiger partial charge in [-0.2, -0.15) is 15.1 Å². The molecule has 3 N–H and O–H groups in total. The van der Waals surface area contributed by atoms with E-state index in [4.69, 9.17) is 26.3 Å². The minimum Gasteiger partial charge on any atom is -0.497 e. The molecule has 4 aromatic rings. The molecule has 180 valence electrons. The Kier molecular flexibility index (Phi) is 5.82. The third-order valence-corrected chi connectivity index (χ3v) is 7.15. The predicted molar refractivity (Wildman–Crippen MR) is 140 cm³/mol. The first-order chi connectivity index (χ1) is 17.2. The number of anilines is 3. The molecule has 4 heterocycles. The second-order valence-electron chi connectivity index (χ2n) is 9.16. The summed E-state index contributed by atoms with van der Waals surface area (Å²) in [6.07, 6.45) is 2.89. The molecule has 0 spiro atoms. The smallest absolute Gasteiger partial charge is 0.226 e. The van der Waals surface area contributed by atoms with Crippen LogP contribution in [0.1, 0.15) is 35.6 Å². The zero-order valence-corrected chi connectivity index (χ0v) is 20.4. The van der Waals surface area contributed by atoms with Crippen molar-refractivity contribution < 1.29 is 4.74 Å². The van der Waals surface area contributed by atoms with Gasteiger partial charge in [0.05, 0.1) is 18.2 Å². The summed E-state index contributed by atoms with van der Waals surface area (Å²) < 4.78 is 5.31. The van der Waals surface area contributed by atoms with E-state index in [0.29, 0.717) is 11.9 Å². The van der Waals surface area contributed by atoms with Crippen LogP contribution in [0.5, 0.6) is 5.75 Å². The van der Waals surface area contributed by atoms with Gasteiger partial charge in [0.1, 0.15) is 11.6 Å². The number of rotatable bonds is 7. The van der Waals surface area contributed by atoms with Gasteiger partial charge in [-0.3, -0.25) is 5.10 Å². The van der Waals surface area contributed by atoms with Crippen molar-refractivity contribution in [1.29, 1.82) is 0 Å². The van der Waals surface area contributed by atoms with Crippen molar-refractivity contribution >= 4 is 40.1 Å². The number of nitrogens with one attached hydrogen (secondary N) is 3. The summed E-state index contributed by atoms with van der Waals surface area (Å²) in [5, 5.41) is 16.4. The quantitative estimate of drug-likeness (QED) is 0.337. The molecule has 0 bridgehead atoms. The maximum Gasteiger partial charge on any atom is 0.226 e. The first-order valence-corrected chi connectivity index (χ1v) is 12.5. The number of fused-ring (bicyclic) bond motifs is 1.